The minimum atomic E-state index is -0.416. The molecule has 3 aromatic rings. The van der Waals surface area contributed by atoms with Crippen molar-refractivity contribution >= 4 is 45.6 Å². The largest absolute Gasteiger partial charge is 0.495 e. The quantitative estimate of drug-likeness (QED) is 0.455. The first-order valence-electron chi connectivity index (χ1n) is 8.34. The van der Waals surface area contributed by atoms with Crippen molar-refractivity contribution in [1.82, 2.24) is 4.98 Å². The predicted octanol–water partition coefficient (Wildman–Crippen LogP) is 5.56. The van der Waals surface area contributed by atoms with E-state index in [1.54, 1.807) is 19.2 Å². The zero-order valence-electron chi connectivity index (χ0n) is 14.3. The smallest absolute Gasteiger partial charge is 0.270 e. The van der Waals surface area contributed by atoms with Gasteiger partial charge in [0.1, 0.15) is 11.6 Å². The van der Waals surface area contributed by atoms with Crippen LogP contribution in [0.15, 0.2) is 36.4 Å². The minimum Gasteiger partial charge on any atom is -0.495 e. The van der Waals surface area contributed by atoms with E-state index < -0.39 is 4.92 Å². The van der Waals surface area contributed by atoms with E-state index in [1.165, 1.54) is 12.1 Å². The van der Waals surface area contributed by atoms with Crippen LogP contribution in [0.5, 0.6) is 5.75 Å². The number of halogens is 2. The van der Waals surface area contributed by atoms with Crippen LogP contribution in [0.1, 0.15) is 23.6 Å². The number of hydrogen-bond donors (Lipinski definition) is 1. The molecule has 1 aromatic heterocycles. The molecule has 8 heteroatoms. The van der Waals surface area contributed by atoms with Crippen molar-refractivity contribution in [3.63, 3.8) is 0 Å². The Morgan fingerprint density at radius 3 is 2.78 bits per heavy atom. The summed E-state index contributed by atoms with van der Waals surface area (Å²) in [6.45, 7) is 0. The Morgan fingerprint density at radius 2 is 2.04 bits per heavy atom. The molecule has 6 nitrogen and oxygen atoms in total. The Balaban J connectivity index is 1.69. The summed E-state index contributed by atoms with van der Waals surface area (Å²) in [5.74, 6) is 1.30. The first kappa shape index (κ1) is 17.8. The summed E-state index contributed by atoms with van der Waals surface area (Å²) in [5, 5.41) is 16.2. The lowest BCUT2D eigenvalue weighted by atomic mass is 10.1. The van der Waals surface area contributed by atoms with E-state index in [1.807, 2.05) is 12.1 Å². The molecule has 1 aliphatic rings. The molecule has 0 amide bonds. The van der Waals surface area contributed by atoms with E-state index in [4.69, 9.17) is 27.9 Å². The molecule has 138 valence electrons. The average Bonchev–Trinajstić information content (AvgIpc) is 3.05. The number of aromatic nitrogens is 1. The summed E-state index contributed by atoms with van der Waals surface area (Å²) in [6.07, 6.45) is 1.66. The highest BCUT2D eigenvalue weighted by Crippen LogP contribution is 2.46. The fourth-order valence-electron chi connectivity index (χ4n) is 3.55. The van der Waals surface area contributed by atoms with E-state index in [-0.39, 0.29) is 11.7 Å². The van der Waals surface area contributed by atoms with E-state index in [0.29, 0.717) is 32.5 Å². The molecule has 2 aromatic carbocycles. The molecule has 0 aliphatic heterocycles. The number of fused-ring (bicyclic) bond motifs is 2. The molecule has 0 saturated heterocycles. The number of benzene rings is 2. The highest BCUT2D eigenvalue weighted by atomic mass is 35.5. The fraction of sp³-hybridized carbons (Fsp3) is 0.211. The summed E-state index contributed by atoms with van der Waals surface area (Å²) in [4.78, 5) is 15.1. The van der Waals surface area contributed by atoms with Gasteiger partial charge in [0.05, 0.1) is 28.6 Å². The van der Waals surface area contributed by atoms with Gasteiger partial charge in [0.25, 0.3) is 5.69 Å². The van der Waals surface area contributed by atoms with Crippen molar-refractivity contribution in [3.05, 3.63) is 67.7 Å². The molecule has 1 heterocycles. The lowest BCUT2D eigenvalue weighted by molar-refractivity contribution is -0.384. The molecule has 4 rings (SSSR count). The van der Waals surface area contributed by atoms with Gasteiger partial charge in [-0.25, -0.2) is 4.98 Å². The van der Waals surface area contributed by atoms with Crippen molar-refractivity contribution in [2.45, 2.75) is 18.9 Å². The Morgan fingerprint density at radius 1 is 1.22 bits per heavy atom. The van der Waals surface area contributed by atoms with Gasteiger partial charge >= 0.3 is 0 Å². The van der Waals surface area contributed by atoms with Crippen LogP contribution in [0.2, 0.25) is 10.0 Å². The maximum absolute atomic E-state index is 10.9. The number of nitrogens with one attached hydrogen (secondary N) is 1. The zero-order valence-corrected chi connectivity index (χ0v) is 15.8. The number of nitrogens with zero attached hydrogens (tertiary/aromatic N) is 2. The molecule has 0 bridgehead atoms. The van der Waals surface area contributed by atoms with E-state index in [2.05, 4.69) is 10.3 Å². The van der Waals surface area contributed by atoms with E-state index in [0.717, 1.165) is 24.0 Å². The van der Waals surface area contributed by atoms with Gasteiger partial charge < -0.3 is 10.1 Å². The highest BCUT2D eigenvalue weighted by Gasteiger charge is 2.30. The highest BCUT2D eigenvalue weighted by molar-refractivity contribution is 6.36. The van der Waals surface area contributed by atoms with Gasteiger partial charge in [-0.2, -0.15) is 0 Å². The number of anilines is 1. The van der Waals surface area contributed by atoms with Crippen molar-refractivity contribution in [2.75, 3.05) is 12.4 Å². The third kappa shape index (κ3) is 3.15. The molecule has 0 saturated carbocycles. The number of pyridine rings is 1. The molecule has 1 N–H and O–H groups in total. The molecular formula is C19H15Cl2N3O3. The lowest BCUT2D eigenvalue weighted by Gasteiger charge is -2.19. The SMILES string of the molecule is COc1c(Cl)cc(Cl)c2c1C(Nc1ccc3cc([N+](=O)[O-])ccc3n1)CC2. The monoisotopic (exact) mass is 403 g/mol. The Hall–Kier alpha value is -2.57. The van der Waals surface area contributed by atoms with Crippen LogP contribution in [-0.2, 0) is 6.42 Å². The van der Waals surface area contributed by atoms with Gasteiger partial charge in [-0.15, -0.1) is 0 Å². The molecule has 1 unspecified atom stereocenters. The third-order valence-corrected chi connectivity index (χ3v) is 5.39. The summed E-state index contributed by atoms with van der Waals surface area (Å²) < 4.78 is 5.50. The van der Waals surface area contributed by atoms with Crippen molar-refractivity contribution in [2.24, 2.45) is 0 Å². The average molecular weight is 404 g/mol. The zero-order chi connectivity index (χ0) is 19.1. The molecule has 27 heavy (non-hydrogen) atoms. The van der Waals surface area contributed by atoms with Crippen LogP contribution >= 0.6 is 23.2 Å². The molecule has 1 atom stereocenters. The maximum atomic E-state index is 10.9. The second-order valence-corrected chi connectivity index (χ2v) is 7.15. The number of non-ortho nitro benzene ring substituents is 1. The minimum absolute atomic E-state index is 0.0332. The number of hydrogen-bond acceptors (Lipinski definition) is 5. The van der Waals surface area contributed by atoms with E-state index in [9.17, 15) is 10.1 Å². The van der Waals surface area contributed by atoms with Crippen LogP contribution in [0.25, 0.3) is 10.9 Å². The van der Waals surface area contributed by atoms with Crippen LogP contribution < -0.4 is 10.1 Å². The van der Waals surface area contributed by atoms with Crippen LogP contribution in [0, 0.1) is 10.1 Å². The van der Waals surface area contributed by atoms with Crippen molar-refractivity contribution < 1.29 is 9.66 Å². The topological polar surface area (TPSA) is 77.3 Å². The first-order valence-corrected chi connectivity index (χ1v) is 9.10. The lowest BCUT2D eigenvalue weighted by Crippen LogP contribution is -2.10. The summed E-state index contributed by atoms with van der Waals surface area (Å²) in [5.41, 5.74) is 2.72. The number of nitro benzene ring substituents is 1. The Bertz CT molecular complexity index is 1070. The predicted molar refractivity (Wildman–Crippen MR) is 106 cm³/mol. The molecule has 0 fully saturated rings. The van der Waals surface area contributed by atoms with Gasteiger partial charge in [-0.05, 0) is 42.7 Å². The number of nitro groups is 1. The Labute approximate surface area is 165 Å². The molecule has 1 aliphatic carbocycles. The van der Waals surface area contributed by atoms with Gasteiger partial charge in [-0.1, -0.05) is 23.2 Å². The fourth-order valence-corrected chi connectivity index (χ4v) is 4.20. The summed E-state index contributed by atoms with van der Waals surface area (Å²) >= 11 is 12.6. The number of ether oxygens (including phenoxy) is 1. The number of methoxy groups -OCH3 is 1. The van der Waals surface area contributed by atoms with Gasteiger partial charge in [0.2, 0.25) is 0 Å². The molecule has 0 radical (unpaired) electrons. The van der Waals surface area contributed by atoms with Gasteiger partial charge in [0, 0.05) is 28.1 Å². The summed E-state index contributed by atoms with van der Waals surface area (Å²) in [6, 6.07) is 9.92. The van der Waals surface area contributed by atoms with Gasteiger partial charge in [0.15, 0.2) is 0 Å². The third-order valence-electron chi connectivity index (χ3n) is 4.77. The van der Waals surface area contributed by atoms with Crippen LogP contribution in [0.3, 0.4) is 0 Å². The normalized spacial score (nSPS) is 15.6. The van der Waals surface area contributed by atoms with Crippen LogP contribution in [0.4, 0.5) is 11.5 Å². The Kier molecular flexibility index (Phi) is 4.53. The van der Waals surface area contributed by atoms with Crippen LogP contribution in [-0.4, -0.2) is 17.0 Å². The van der Waals surface area contributed by atoms with Crippen molar-refractivity contribution in [3.8, 4) is 5.75 Å². The second-order valence-electron chi connectivity index (χ2n) is 6.33. The second kappa shape index (κ2) is 6.87. The first-order chi connectivity index (χ1) is 13.0. The van der Waals surface area contributed by atoms with E-state index >= 15 is 0 Å². The van der Waals surface area contributed by atoms with Gasteiger partial charge in [-0.3, -0.25) is 10.1 Å². The molecule has 0 spiro atoms. The summed E-state index contributed by atoms with van der Waals surface area (Å²) in [7, 11) is 1.59. The van der Waals surface area contributed by atoms with Crippen molar-refractivity contribution in [1.29, 1.82) is 0 Å². The molecular weight excluding hydrogens is 389 g/mol. The number of rotatable bonds is 4. The maximum Gasteiger partial charge on any atom is 0.270 e. The standard InChI is InChI=1S/C19H15Cl2N3O3/c1-27-19-14(21)9-13(20)12-4-6-16(18(12)19)23-17-7-2-10-8-11(24(25)26)3-5-15(10)22-17/h2-3,5,7-9,16H,4,6H2,1H3,(H,22,23).